The van der Waals surface area contributed by atoms with Crippen molar-refractivity contribution in [2.45, 2.75) is 6.42 Å². The summed E-state index contributed by atoms with van der Waals surface area (Å²) < 4.78 is 5.28. The fraction of sp³-hybridized carbons (Fsp3) is 0.125. The van der Waals surface area contributed by atoms with Crippen molar-refractivity contribution in [1.29, 1.82) is 0 Å². The first-order chi connectivity index (χ1) is 15.1. The van der Waals surface area contributed by atoms with Crippen LogP contribution in [0.25, 0.3) is 22.5 Å². The molecule has 4 rings (SSSR count). The highest BCUT2D eigenvalue weighted by atomic mass is 35.5. The Morgan fingerprint density at radius 3 is 2.65 bits per heavy atom. The predicted molar refractivity (Wildman–Crippen MR) is 126 cm³/mol. The number of hydrogen-bond donors (Lipinski definition) is 1. The van der Waals surface area contributed by atoms with E-state index in [0.717, 1.165) is 29.0 Å². The highest BCUT2D eigenvalue weighted by Crippen LogP contribution is 2.34. The standard InChI is InChI=1S/C24H20Cl2N4O/c1-31-19-4-2-3-16(5-10-19)13-28-22-15-29-23(17-6-8-18(25)9-7-17)24(30-22)20-11-12-27-14-21(20)26/h2,4-12,14-15H,3,13H2,1H3,(H,28,30). The zero-order valence-corrected chi connectivity index (χ0v) is 18.4. The van der Waals surface area contributed by atoms with E-state index in [9.17, 15) is 0 Å². The highest BCUT2D eigenvalue weighted by molar-refractivity contribution is 6.33. The smallest absolute Gasteiger partial charge is 0.145 e. The van der Waals surface area contributed by atoms with Crippen LogP contribution in [0.2, 0.25) is 10.0 Å². The molecule has 31 heavy (non-hydrogen) atoms. The van der Waals surface area contributed by atoms with E-state index in [2.05, 4.69) is 22.5 Å². The number of benzene rings is 1. The lowest BCUT2D eigenvalue weighted by Gasteiger charge is -2.13. The second kappa shape index (κ2) is 9.77. The molecule has 0 saturated heterocycles. The Labute approximate surface area is 191 Å². The van der Waals surface area contributed by atoms with Crippen LogP contribution in [0.4, 0.5) is 5.82 Å². The highest BCUT2D eigenvalue weighted by Gasteiger charge is 2.15. The van der Waals surface area contributed by atoms with Crippen molar-refractivity contribution < 1.29 is 4.74 Å². The minimum absolute atomic E-state index is 0.512. The first-order valence-corrected chi connectivity index (χ1v) is 10.5. The van der Waals surface area contributed by atoms with Gasteiger partial charge in [0.1, 0.15) is 17.3 Å². The van der Waals surface area contributed by atoms with Crippen LogP contribution in [-0.2, 0) is 4.74 Å². The minimum atomic E-state index is 0.512. The van der Waals surface area contributed by atoms with E-state index in [-0.39, 0.29) is 0 Å². The van der Waals surface area contributed by atoms with Gasteiger partial charge in [0.2, 0.25) is 0 Å². The summed E-state index contributed by atoms with van der Waals surface area (Å²) in [7, 11) is 1.66. The summed E-state index contributed by atoms with van der Waals surface area (Å²) in [4.78, 5) is 13.6. The third-order valence-electron chi connectivity index (χ3n) is 4.80. The number of aromatic nitrogens is 3. The molecule has 1 aliphatic rings. The lowest BCUT2D eigenvalue weighted by atomic mass is 10.0. The van der Waals surface area contributed by atoms with Crippen LogP contribution in [0.1, 0.15) is 6.42 Å². The number of rotatable bonds is 6. The molecule has 0 saturated carbocycles. The number of hydrogen-bond acceptors (Lipinski definition) is 5. The first-order valence-electron chi connectivity index (χ1n) is 9.71. The molecule has 2 aromatic heterocycles. The van der Waals surface area contributed by atoms with Crippen molar-refractivity contribution in [3.63, 3.8) is 0 Å². The molecule has 0 amide bonds. The van der Waals surface area contributed by atoms with Crippen LogP contribution in [0.15, 0.2) is 84.6 Å². The Kier molecular flexibility index (Phi) is 6.65. The molecule has 0 atom stereocenters. The molecule has 7 heteroatoms. The SMILES string of the molecule is COC1=CC=C(CNc2cnc(-c3ccc(Cl)cc3)c(-c3ccncc3Cl)n2)CC=C1. The van der Waals surface area contributed by atoms with Gasteiger partial charge in [-0.05, 0) is 42.3 Å². The molecule has 5 nitrogen and oxygen atoms in total. The third kappa shape index (κ3) is 5.13. The lowest BCUT2D eigenvalue weighted by Crippen LogP contribution is -2.07. The molecule has 0 aliphatic heterocycles. The number of methoxy groups -OCH3 is 1. The summed E-state index contributed by atoms with van der Waals surface area (Å²) in [6, 6.07) is 9.33. The number of allylic oxidation sites excluding steroid dienone is 4. The molecule has 156 valence electrons. The van der Waals surface area contributed by atoms with E-state index in [1.165, 1.54) is 5.57 Å². The van der Waals surface area contributed by atoms with E-state index >= 15 is 0 Å². The minimum Gasteiger partial charge on any atom is -0.497 e. The second-order valence-electron chi connectivity index (χ2n) is 6.87. The quantitative estimate of drug-likeness (QED) is 0.474. The fourth-order valence-electron chi connectivity index (χ4n) is 3.17. The molecule has 1 aliphatic carbocycles. The largest absolute Gasteiger partial charge is 0.497 e. The molecule has 0 fully saturated rings. The van der Waals surface area contributed by atoms with E-state index in [1.54, 1.807) is 25.7 Å². The maximum atomic E-state index is 6.43. The first kappa shape index (κ1) is 21.1. The molecule has 1 aromatic carbocycles. The molecule has 0 radical (unpaired) electrons. The van der Waals surface area contributed by atoms with E-state index in [0.29, 0.717) is 28.1 Å². The summed E-state index contributed by atoms with van der Waals surface area (Å²) in [6.45, 7) is 0.635. The Bertz CT molecular complexity index is 1170. The molecule has 1 N–H and O–H groups in total. The lowest BCUT2D eigenvalue weighted by molar-refractivity contribution is 0.307. The van der Waals surface area contributed by atoms with Crippen LogP contribution < -0.4 is 5.32 Å². The van der Waals surface area contributed by atoms with Crippen molar-refractivity contribution in [1.82, 2.24) is 15.0 Å². The third-order valence-corrected chi connectivity index (χ3v) is 5.35. The van der Waals surface area contributed by atoms with E-state index < -0.39 is 0 Å². The fourth-order valence-corrected chi connectivity index (χ4v) is 3.50. The van der Waals surface area contributed by atoms with Crippen molar-refractivity contribution in [2.75, 3.05) is 19.0 Å². The number of anilines is 1. The average molecular weight is 451 g/mol. The molecule has 0 spiro atoms. The molecule has 0 unspecified atom stereocenters. The summed E-state index contributed by atoms with van der Waals surface area (Å²) in [5.74, 6) is 1.49. The van der Waals surface area contributed by atoms with Gasteiger partial charge in [-0.15, -0.1) is 0 Å². The summed E-state index contributed by atoms with van der Waals surface area (Å²) in [6.07, 6.45) is 13.9. The normalized spacial score (nSPS) is 13.3. The van der Waals surface area contributed by atoms with E-state index in [1.807, 2.05) is 42.5 Å². The molecular formula is C24H20Cl2N4O. The Morgan fingerprint density at radius 1 is 1.03 bits per heavy atom. The molecule has 3 aromatic rings. The number of ether oxygens (including phenoxy) is 1. The van der Waals surface area contributed by atoms with Crippen LogP contribution >= 0.6 is 23.2 Å². The van der Waals surface area contributed by atoms with Gasteiger partial charge >= 0.3 is 0 Å². The summed E-state index contributed by atoms with van der Waals surface area (Å²) in [5, 5.41) is 4.54. The van der Waals surface area contributed by atoms with Gasteiger partial charge < -0.3 is 10.1 Å². The van der Waals surface area contributed by atoms with E-state index in [4.69, 9.17) is 37.9 Å². The number of nitrogens with zero attached hydrogens (tertiary/aromatic N) is 3. The van der Waals surface area contributed by atoms with Crippen molar-refractivity contribution >= 4 is 29.0 Å². The van der Waals surface area contributed by atoms with Crippen LogP contribution in [0.3, 0.4) is 0 Å². The van der Waals surface area contributed by atoms with Crippen LogP contribution in [0, 0.1) is 0 Å². The van der Waals surface area contributed by atoms with Crippen LogP contribution in [0.5, 0.6) is 0 Å². The Hall–Kier alpha value is -3.15. The van der Waals surface area contributed by atoms with Gasteiger partial charge in [0.25, 0.3) is 0 Å². The predicted octanol–water partition coefficient (Wildman–Crippen LogP) is 6.34. The van der Waals surface area contributed by atoms with Gasteiger partial charge in [-0.25, -0.2) is 4.98 Å². The van der Waals surface area contributed by atoms with Gasteiger partial charge in [0, 0.05) is 35.1 Å². The average Bonchev–Trinajstić information content (AvgIpc) is 3.04. The zero-order chi connectivity index (χ0) is 21.6. The van der Waals surface area contributed by atoms with Gasteiger partial charge in [0.15, 0.2) is 0 Å². The second-order valence-corrected chi connectivity index (χ2v) is 7.72. The molecule has 2 heterocycles. The summed E-state index contributed by atoms with van der Waals surface area (Å²) >= 11 is 12.5. The topological polar surface area (TPSA) is 59.9 Å². The van der Waals surface area contributed by atoms with Crippen molar-refractivity contribution in [3.05, 3.63) is 94.6 Å². The number of nitrogens with one attached hydrogen (secondary N) is 1. The Balaban J connectivity index is 1.66. The van der Waals surface area contributed by atoms with Gasteiger partial charge in [-0.2, -0.15) is 0 Å². The zero-order valence-electron chi connectivity index (χ0n) is 16.8. The number of halogens is 2. The van der Waals surface area contributed by atoms with Gasteiger partial charge in [0.05, 0.1) is 24.0 Å². The maximum absolute atomic E-state index is 6.43. The monoisotopic (exact) mass is 450 g/mol. The van der Waals surface area contributed by atoms with Crippen LogP contribution in [-0.4, -0.2) is 28.6 Å². The summed E-state index contributed by atoms with van der Waals surface area (Å²) in [5.41, 5.74) is 4.27. The number of pyridine rings is 1. The van der Waals surface area contributed by atoms with Crippen molar-refractivity contribution in [2.24, 2.45) is 0 Å². The maximum Gasteiger partial charge on any atom is 0.145 e. The van der Waals surface area contributed by atoms with Gasteiger partial charge in [-0.3, -0.25) is 9.97 Å². The molecular weight excluding hydrogens is 431 g/mol. The van der Waals surface area contributed by atoms with Crippen molar-refractivity contribution in [3.8, 4) is 22.5 Å². The Morgan fingerprint density at radius 2 is 1.87 bits per heavy atom. The van der Waals surface area contributed by atoms with Gasteiger partial charge in [-0.1, -0.05) is 47.5 Å². The molecule has 0 bridgehead atoms.